The number of hydrogen-bond donors (Lipinski definition) is 0. The van der Waals surface area contributed by atoms with Gasteiger partial charge in [0.15, 0.2) is 5.65 Å². The van der Waals surface area contributed by atoms with Gasteiger partial charge >= 0.3 is 0 Å². The fourth-order valence-electron chi connectivity index (χ4n) is 1.89. The average molecular weight is 254 g/mol. The summed E-state index contributed by atoms with van der Waals surface area (Å²) in [4.78, 5) is 8.93. The molecule has 2 aromatic rings. The van der Waals surface area contributed by atoms with Crippen LogP contribution in [0, 0.1) is 6.92 Å². The summed E-state index contributed by atoms with van der Waals surface area (Å²) in [5, 5.41) is 0. The van der Waals surface area contributed by atoms with Crippen LogP contribution in [0.25, 0.3) is 11.2 Å². The van der Waals surface area contributed by atoms with Gasteiger partial charge in [-0.25, -0.2) is 9.97 Å². The molecule has 0 atom stereocenters. The maximum Gasteiger partial charge on any atom is 0.160 e. The van der Waals surface area contributed by atoms with Crippen molar-refractivity contribution < 1.29 is 4.74 Å². The molecular weight excluding hydrogens is 238 g/mol. The summed E-state index contributed by atoms with van der Waals surface area (Å²) >= 11 is 5.93. The van der Waals surface area contributed by atoms with Gasteiger partial charge in [-0.05, 0) is 25.0 Å². The highest BCUT2D eigenvalue weighted by Crippen LogP contribution is 2.18. The van der Waals surface area contributed by atoms with Gasteiger partial charge in [0, 0.05) is 26.5 Å². The zero-order chi connectivity index (χ0) is 12.3. The molecule has 0 spiro atoms. The molecule has 2 rings (SSSR count). The molecule has 0 fully saturated rings. The summed E-state index contributed by atoms with van der Waals surface area (Å²) in [6, 6.07) is 1.97. The van der Waals surface area contributed by atoms with E-state index in [9.17, 15) is 0 Å². The van der Waals surface area contributed by atoms with Crippen LogP contribution in [-0.4, -0.2) is 28.3 Å². The van der Waals surface area contributed by atoms with Gasteiger partial charge in [-0.3, -0.25) is 0 Å². The van der Waals surface area contributed by atoms with Crippen molar-refractivity contribution in [3.8, 4) is 0 Å². The van der Waals surface area contributed by atoms with Crippen molar-refractivity contribution in [1.29, 1.82) is 0 Å². The Hall–Kier alpha value is -1.13. The predicted octanol–water partition coefficient (Wildman–Crippen LogP) is 2.52. The van der Waals surface area contributed by atoms with E-state index < -0.39 is 0 Å². The Morgan fingerprint density at radius 1 is 1.47 bits per heavy atom. The van der Waals surface area contributed by atoms with Crippen molar-refractivity contribution >= 4 is 22.8 Å². The average Bonchev–Trinajstić information content (AvgIpc) is 2.70. The van der Waals surface area contributed by atoms with E-state index in [-0.39, 0.29) is 0 Å². The van der Waals surface area contributed by atoms with Crippen molar-refractivity contribution in [2.75, 3.05) is 13.7 Å². The number of nitrogens with zero attached hydrogens (tertiary/aromatic N) is 3. The summed E-state index contributed by atoms with van der Waals surface area (Å²) < 4.78 is 7.14. The first-order valence-corrected chi connectivity index (χ1v) is 6.17. The van der Waals surface area contributed by atoms with Gasteiger partial charge in [-0.1, -0.05) is 0 Å². The minimum absolute atomic E-state index is 0.406. The number of aryl methyl sites for hydroxylation is 2. The van der Waals surface area contributed by atoms with Gasteiger partial charge in [-0.2, -0.15) is 0 Å². The van der Waals surface area contributed by atoms with Crippen LogP contribution in [-0.2, 0) is 17.2 Å². The normalized spacial score (nSPS) is 11.2. The summed E-state index contributed by atoms with van der Waals surface area (Å²) in [7, 11) is 1.71. The first-order valence-electron chi connectivity index (χ1n) is 5.63. The van der Waals surface area contributed by atoms with E-state index in [2.05, 4.69) is 14.5 Å². The summed E-state index contributed by atoms with van der Waals surface area (Å²) in [5.41, 5.74) is 2.99. The largest absolute Gasteiger partial charge is 0.385 e. The summed E-state index contributed by atoms with van der Waals surface area (Å²) in [6.07, 6.45) is 2.74. The molecule has 0 amide bonds. The second-order valence-electron chi connectivity index (χ2n) is 3.96. The van der Waals surface area contributed by atoms with Gasteiger partial charge in [0.2, 0.25) is 0 Å². The molecule has 17 heavy (non-hydrogen) atoms. The Labute approximate surface area is 106 Å². The van der Waals surface area contributed by atoms with Crippen LogP contribution in [0.2, 0.25) is 0 Å². The van der Waals surface area contributed by atoms with E-state index in [0.717, 1.165) is 42.1 Å². The third kappa shape index (κ3) is 2.42. The Bertz CT molecular complexity index is 510. The number of pyridine rings is 1. The number of alkyl halides is 1. The lowest BCUT2D eigenvalue weighted by Gasteiger charge is -2.06. The molecule has 0 bridgehead atoms. The first kappa shape index (κ1) is 12.3. The molecule has 5 heteroatoms. The number of methoxy groups -OCH3 is 1. The molecule has 0 saturated carbocycles. The smallest absolute Gasteiger partial charge is 0.160 e. The van der Waals surface area contributed by atoms with Crippen LogP contribution in [0.15, 0.2) is 12.3 Å². The molecule has 2 heterocycles. The molecule has 0 aromatic carbocycles. The molecule has 2 aromatic heterocycles. The Balaban J connectivity index is 2.40. The van der Waals surface area contributed by atoms with Gasteiger partial charge < -0.3 is 9.30 Å². The Kier molecular flexibility index (Phi) is 3.97. The molecule has 0 aliphatic heterocycles. The standard InChI is InChI=1S/C12H16ClN3O/c1-9-4-5-14-12-11(9)15-10(8-13)16(12)6-3-7-17-2/h4-5H,3,6-8H2,1-2H3. The minimum Gasteiger partial charge on any atom is -0.385 e. The summed E-state index contributed by atoms with van der Waals surface area (Å²) in [5.74, 6) is 1.28. The van der Waals surface area contributed by atoms with Gasteiger partial charge in [0.25, 0.3) is 0 Å². The van der Waals surface area contributed by atoms with E-state index in [1.165, 1.54) is 0 Å². The second-order valence-corrected chi connectivity index (χ2v) is 4.23. The molecule has 0 saturated heterocycles. The lowest BCUT2D eigenvalue weighted by atomic mass is 10.3. The van der Waals surface area contributed by atoms with Crippen molar-refractivity contribution in [2.45, 2.75) is 25.8 Å². The third-order valence-corrected chi connectivity index (χ3v) is 3.00. The fourth-order valence-corrected chi connectivity index (χ4v) is 2.09. The van der Waals surface area contributed by atoms with Crippen LogP contribution in [0.3, 0.4) is 0 Å². The van der Waals surface area contributed by atoms with Crippen LogP contribution < -0.4 is 0 Å². The molecule has 4 nitrogen and oxygen atoms in total. The zero-order valence-corrected chi connectivity index (χ0v) is 10.9. The van der Waals surface area contributed by atoms with Crippen LogP contribution in [0.4, 0.5) is 0 Å². The highest BCUT2D eigenvalue weighted by molar-refractivity contribution is 6.16. The second kappa shape index (κ2) is 5.47. The number of halogens is 1. The molecule has 0 unspecified atom stereocenters. The molecule has 0 radical (unpaired) electrons. The van der Waals surface area contributed by atoms with Crippen molar-refractivity contribution in [3.05, 3.63) is 23.7 Å². The maximum atomic E-state index is 5.93. The van der Waals surface area contributed by atoms with E-state index in [0.29, 0.717) is 5.88 Å². The molecule has 0 aliphatic rings. The number of hydrogen-bond acceptors (Lipinski definition) is 3. The van der Waals surface area contributed by atoms with Gasteiger partial charge in [0.1, 0.15) is 11.3 Å². The highest BCUT2D eigenvalue weighted by Gasteiger charge is 2.11. The quantitative estimate of drug-likeness (QED) is 0.607. The topological polar surface area (TPSA) is 39.9 Å². The Morgan fingerprint density at radius 3 is 3.00 bits per heavy atom. The number of ether oxygens (including phenoxy) is 1. The maximum absolute atomic E-state index is 5.93. The zero-order valence-electron chi connectivity index (χ0n) is 10.1. The van der Waals surface area contributed by atoms with E-state index in [4.69, 9.17) is 16.3 Å². The lowest BCUT2D eigenvalue weighted by molar-refractivity contribution is 0.190. The van der Waals surface area contributed by atoms with Crippen LogP contribution in [0.5, 0.6) is 0 Å². The predicted molar refractivity (Wildman–Crippen MR) is 68.3 cm³/mol. The highest BCUT2D eigenvalue weighted by atomic mass is 35.5. The molecule has 0 N–H and O–H groups in total. The minimum atomic E-state index is 0.406. The van der Waals surface area contributed by atoms with Crippen molar-refractivity contribution in [2.24, 2.45) is 0 Å². The number of fused-ring (bicyclic) bond motifs is 1. The number of rotatable bonds is 5. The van der Waals surface area contributed by atoms with Crippen molar-refractivity contribution in [1.82, 2.24) is 14.5 Å². The SMILES string of the molecule is COCCCn1c(CCl)nc2c(C)ccnc21. The number of imidazole rings is 1. The molecule has 92 valence electrons. The Morgan fingerprint density at radius 2 is 2.29 bits per heavy atom. The van der Waals surface area contributed by atoms with E-state index in [1.807, 2.05) is 19.2 Å². The third-order valence-electron chi connectivity index (χ3n) is 2.76. The summed E-state index contributed by atoms with van der Waals surface area (Å²) in [6.45, 7) is 3.60. The van der Waals surface area contributed by atoms with Gasteiger partial charge in [-0.15, -0.1) is 11.6 Å². The number of aromatic nitrogens is 3. The van der Waals surface area contributed by atoms with Crippen LogP contribution >= 0.6 is 11.6 Å². The van der Waals surface area contributed by atoms with Crippen LogP contribution in [0.1, 0.15) is 17.8 Å². The van der Waals surface area contributed by atoms with Crippen molar-refractivity contribution in [3.63, 3.8) is 0 Å². The first-order chi connectivity index (χ1) is 8.27. The van der Waals surface area contributed by atoms with Gasteiger partial charge in [0.05, 0.1) is 5.88 Å². The molecular formula is C12H16ClN3O. The monoisotopic (exact) mass is 253 g/mol. The lowest BCUT2D eigenvalue weighted by Crippen LogP contribution is -2.05. The fraction of sp³-hybridized carbons (Fsp3) is 0.500. The molecule has 0 aliphatic carbocycles. The van der Waals surface area contributed by atoms with E-state index in [1.54, 1.807) is 7.11 Å². The van der Waals surface area contributed by atoms with E-state index >= 15 is 0 Å².